The Morgan fingerprint density at radius 3 is 2.00 bits per heavy atom. The molecule has 0 amide bonds. The van der Waals surface area contributed by atoms with Crippen LogP contribution in [0, 0.1) is 0 Å². The van der Waals surface area contributed by atoms with E-state index in [-0.39, 0.29) is 42.6 Å². The van der Waals surface area contributed by atoms with E-state index in [1.165, 1.54) is 0 Å². The van der Waals surface area contributed by atoms with Crippen molar-refractivity contribution in [1.29, 1.82) is 0 Å². The lowest BCUT2D eigenvalue weighted by molar-refractivity contribution is -0.187. The Hall–Kier alpha value is -0.480. The molecule has 33 heavy (non-hydrogen) atoms. The molecule has 4 fully saturated rings. The third-order valence-corrected chi connectivity index (χ3v) is 6.19. The maximum absolute atomic E-state index is 9.31. The third kappa shape index (κ3) is 8.02. The van der Waals surface area contributed by atoms with Crippen LogP contribution >= 0.6 is 0 Å². The quantitative estimate of drug-likeness (QED) is 0.238. The molecular weight excluding hydrogens is 444 g/mol. The van der Waals surface area contributed by atoms with Gasteiger partial charge in [-0.3, -0.25) is 0 Å². The Bertz CT molecular complexity index is 521. The Kier molecular flexibility index (Phi) is 13.7. The molecule has 0 saturated carbocycles. The summed E-state index contributed by atoms with van der Waals surface area (Å²) in [6.45, 7) is 5.31. The molecule has 0 radical (unpaired) electrons. The molecule has 0 aromatic heterocycles. The first-order valence-electron chi connectivity index (χ1n) is 11.3. The summed E-state index contributed by atoms with van der Waals surface area (Å²) in [4.78, 5) is 0. The van der Waals surface area contributed by atoms with E-state index in [1.54, 1.807) is 7.11 Å². The van der Waals surface area contributed by atoms with Crippen molar-refractivity contribution in [2.45, 2.75) is 100 Å². The lowest BCUT2D eigenvalue weighted by atomic mass is 9.99. The molecule has 11 unspecified atom stereocenters. The van der Waals surface area contributed by atoms with E-state index in [2.05, 4.69) is 0 Å². The minimum absolute atomic E-state index is 0. The Balaban J connectivity index is 0.000000244. The third-order valence-electron chi connectivity index (χ3n) is 6.19. The predicted molar refractivity (Wildman–Crippen MR) is 115 cm³/mol. The predicted octanol–water partition coefficient (Wildman–Crippen LogP) is -2.88. The number of aliphatic hydroxyl groups excluding tert-OH is 6. The number of fused-ring (bicyclic) bond motifs is 1. The molecule has 4 aliphatic rings. The van der Waals surface area contributed by atoms with Crippen LogP contribution in [0.5, 0.6) is 0 Å². The van der Waals surface area contributed by atoms with Crippen molar-refractivity contribution in [1.82, 2.24) is 0 Å². The van der Waals surface area contributed by atoms with Gasteiger partial charge < -0.3 is 59.8 Å². The van der Waals surface area contributed by atoms with Crippen LogP contribution in [0.15, 0.2) is 0 Å². The smallest absolute Gasteiger partial charge is 0.115 e. The second kappa shape index (κ2) is 14.8. The second-order valence-electron chi connectivity index (χ2n) is 8.43. The van der Waals surface area contributed by atoms with Crippen LogP contribution in [0.2, 0.25) is 0 Å². The molecule has 0 aromatic carbocycles. The topological polar surface area (TPSA) is 199 Å². The molecule has 4 heterocycles. The van der Waals surface area contributed by atoms with Gasteiger partial charge in [0.1, 0.15) is 48.8 Å². The van der Waals surface area contributed by atoms with E-state index in [0.29, 0.717) is 39.1 Å². The summed E-state index contributed by atoms with van der Waals surface area (Å²) in [6, 6.07) is 0. The first kappa shape index (κ1) is 30.6. The Morgan fingerprint density at radius 1 is 0.818 bits per heavy atom. The van der Waals surface area contributed by atoms with E-state index in [0.717, 1.165) is 0 Å². The van der Waals surface area contributed by atoms with Gasteiger partial charge in [0, 0.05) is 13.7 Å². The summed E-state index contributed by atoms with van der Waals surface area (Å²) in [5.74, 6) is 0. The number of ether oxygens (including phenoxy) is 5. The summed E-state index contributed by atoms with van der Waals surface area (Å²) in [7, 11) is 1.63. The monoisotopic (exact) mass is 486 g/mol. The van der Waals surface area contributed by atoms with Crippen LogP contribution < -0.4 is 0 Å². The second-order valence-corrected chi connectivity index (χ2v) is 8.43. The summed E-state index contributed by atoms with van der Waals surface area (Å²) in [5.41, 5.74) is 0. The number of hydrogen-bond acceptors (Lipinski definition) is 11. The van der Waals surface area contributed by atoms with Crippen LogP contribution in [-0.4, -0.2) is 137 Å². The number of hydrogen-bond donors (Lipinski definition) is 6. The van der Waals surface area contributed by atoms with Crippen LogP contribution in [-0.2, 0) is 23.7 Å². The molecule has 11 atom stereocenters. The van der Waals surface area contributed by atoms with Crippen LogP contribution in [0.4, 0.5) is 0 Å². The highest BCUT2D eigenvalue weighted by molar-refractivity contribution is 4.94. The lowest BCUT2D eigenvalue weighted by Gasteiger charge is -2.34. The molecule has 198 valence electrons. The molecule has 0 bridgehead atoms. The van der Waals surface area contributed by atoms with Crippen molar-refractivity contribution in [3.8, 4) is 0 Å². The van der Waals surface area contributed by atoms with Gasteiger partial charge in [0.15, 0.2) is 0 Å². The fraction of sp³-hybridized carbons (Fsp3) is 1.00. The van der Waals surface area contributed by atoms with Crippen molar-refractivity contribution in [3.63, 3.8) is 0 Å². The molecule has 0 spiro atoms. The first-order valence-corrected chi connectivity index (χ1v) is 11.3. The molecule has 8 N–H and O–H groups in total. The van der Waals surface area contributed by atoms with Gasteiger partial charge in [-0.25, -0.2) is 0 Å². The average molecular weight is 487 g/mol. The summed E-state index contributed by atoms with van der Waals surface area (Å²) in [5, 5.41) is 55.2. The van der Waals surface area contributed by atoms with E-state index in [9.17, 15) is 20.4 Å². The van der Waals surface area contributed by atoms with E-state index in [4.69, 9.17) is 33.9 Å². The number of rotatable bonds is 4. The van der Waals surface area contributed by atoms with Crippen molar-refractivity contribution in [2.24, 2.45) is 0 Å². The molecule has 0 aromatic rings. The Labute approximate surface area is 194 Å². The van der Waals surface area contributed by atoms with Crippen molar-refractivity contribution >= 4 is 0 Å². The fourth-order valence-electron chi connectivity index (χ4n) is 4.07. The van der Waals surface area contributed by atoms with Gasteiger partial charge >= 0.3 is 0 Å². The van der Waals surface area contributed by atoms with Gasteiger partial charge in [-0.05, 0) is 19.3 Å². The largest absolute Gasteiger partial charge is 0.412 e. The zero-order valence-electron chi connectivity index (χ0n) is 19.5. The van der Waals surface area contributed by atoms with Gasteiger partial charge in [-0.1, -0.05) is 13.8 Å². The number of methoxy groups -OCH3 is 1. The lowest BCUT2D eigenvalue weighted by Crippen LogP contribution is -2.52. The Morgan fingerprint density at radius 2 is 1.45 bits per heavy atom. The number of aliphatic hydroxyl groups is 6. The van der Waals surface area contributed by atoms with Gasteiger partial charge in [-0.15, -0.1) is 0 Å². The SMILES string of the molecule is CCC(O)C1OCCC1O.CCC1OCC(O)C(O)C1O.COC1COC2C(O)COC12.O. The molecular formula is C21H42O12. The van der Waals surface area contributed by atoms with Crippen molar-refractivity contribution in [2.75, 3.05) is 33.5 Å². The zero-order chi connectivity index (χ0) is 23.8. The van der Waals surface area contributed by atoms with Crippen molar-refractivity contribution < 1.29 is 59.8 Å². The molecule has 4 aliphatic heterocycles. The minimum atomic E-state index is -1.06. The maximum atomic E-state index is 9.31. The van der Waals surface area contributed by atoms with E-state index < -0.39 is 36.6 Å². The highest BCUT2D eigenvalue weighted by atomic mass is 16.6. The van der Waals surface area contributed by atoms with Crippen LogP contribution in [0.3, 0.4) is 0 Å². The summed E-state index contributed by atoms with van der Waals surface area (Å²) >= 11 is 0. The van der Waals surface area contributed by atoms with Gasteiger partial charge in [0.05, 0.1) is 38.1 Å². The van der Waals surface area contributed by atoms with Gasteiger partial charge in [0.2, 0.25) is 0 Å². The molecule has 12 heteroatoms. The highest BCUT2D eigenvalue weighted by Gasteiger charge is 2.47. The highest BCUT2D eigenvalue weighted by Crippen LogP contribution is 2.28. The normalized spacial score (nSPS) is 42.8. The molecule has 4 saturated heterocycles. The van der Waals surface area contributed by atoms with Gasteiger partial charge in [0.25, 0.3) is 0 Å². The fourth-order valence-corrected chi connectivity index (χ4v) is 4.07. The maximum Gasteiger partial charge on any atom is 0.115 e. The van der Waals surface area contributed by atoms with Crippen molar-refractivity contribution in [3.05, 3.63) is 0 Å². The van der Waals surface area contributed by atoms with Gasteiger partial charge in [-0.2, -0.15) is 0 Å². The molecule has 12 nitrogen and oxygen atoms in total. The average Bonchev–Trinajstić information content (AvgIpc) is 3.50. The zero-order valence-corrected chi connectivity index (χ0v) is 19.5. The minimum Gasteiger partial charge on any atom is -0.412 e. The van der Waals surface area contributed by atoms with Crippen LogP contribution in [0.25, 0.3) is 0 Å². The standard InChI is InChI=1S/C7H12O4.C7H14O4.C7H14O3.H2O/c1-9-5-3-11-6-4(8)2-10-7(5)6;1-2-5-7(10)6(9)4(8)3-11-5;1-2-5(8)7-6(9)3-4-10-7;/h4-8H,2-3H2,1H3;4-10H,2-3H2,1H3;5-9H,2-4H2,1H3;1H2. The van der Waals surface area contributed by atoms with E-state index in [1.807, 2.05) is 13.8 Å². The first-order chi connectivity index (χ1) is 15.2. The van der Waals surface area contributed by atoms with E-state index >= 15 is 0 Å². The summed E-state index contributed by atoms with van der Waals surface area (Å²) in [6.07, 6.45) is -3.38. The molecule has 0 aliphatic carbocycles. The van der Waals surface area contributed by atoms with Crippen LogP contribution in [0.1, 0.15) is 33.1 Å². The summed E-state index contributed by atoms with van der Waals surface area (Å²) < 4.78 is 25.9. The molecule has 4 rings (SSSR count).